The molecule has 0 amide bonds. The third-order valence-corrected chi connectivity index (χ3v) is 2.62. The maximum atomic E-state index is 5.32. The summed E-state index contributed by atoms with van der Waals surface area (Å²) in [6.45, 7) is 5.54. The first-order valence-corrected chi connectivity index (χ1v) is 5.74. The molecule has 1 aromatic heterocycles. The monoisotopic (exact) mass is 227 g/mol. The number of hydrogen-bond donors (Lipinski definition) is 3. The van der Waals surface area contributed by atoms with E-state index in [4.69, 9.17) is 5.84 Å². The maximum Gasteiger partial charge on any atom is 0.206 e. The van der Waals surface area contributed by atoms with E-state index in [1.807, 2.05) is 13.1 Å². The first-order valence-electron chi connectivity index (χ1n) is 4.92. The van der Waals surface area contributed by atoms with Crippen LogP contribution in [0, 0.1) is 6.92 Å². The highest BCUT2D eigenvalue weighted by atomic mass is 32.1. The third kappa shape index (κ3) is 4.26. The van der Waals surface area contributed by atoms with Crippen LogP contribution in [0.2, 0.25) is 0 Å². The highest BCUT2D eigenvalue weighted by Crippen LogP contribution is 2.11. The van der Waals surface area contributed by atoms with Crippen LogP contribution < -0.4 is 16.6 Å². The van der Waals surface area contributed by atoms with Crippen molar-refractivity contribution in [2.24, 2.45) is 10.8 Å². The van der Waals surface area contributed by atoms with E-state index in [1.165, 1.54) is 4.88 Å². The van der Waals surface area contributed by atoms with Crippen LogP contribution in [0.15, 0.2) is 11.2 Å². The zero-order chi connectivity index (χ0) is 11.1. The van der Waals surface area contributed by atoms with Gasteiger partial charge in [0.2, 0.25) is 5.96 Å². The predicted molar refractivity (Wildman–Crippen MR) is 63.6 cm³/mol. The van der Waals surface area contributed by atoms with Crippen molar-refractivity contribution in [2.75, 3.05) is 6.54 Å². The molecule has 4 N–H and O–H groups in total. The van der Waals surface area contributed by atoms with Gasteiger partial charge in [0.25, 0.3) is 0 Å². The summed E-state index contributed by atoms with van der Waals surface area (Å²) in [7, 11) is 0. The van der Waals surface area contributed by atoms with E-state index in [9.17, 15) is 0 Å². The molecule has 0 unspecified atom stereocenters. The molecule has 0 spiro atoms. The molecule has 0 atom stereocenters. The lowest BCUT2D eigenvalue weighted by Crippen LogP contribution is -2.41. The fraction of sp³-hybridized carbons (Fsp3) is 0.556. The fourth-order valence-electron chi connectivity index (χ4n) is 1.02. The van der Waals surface area contributed by atoms with E-state index in [-0.39, 0.29) is 0 Å². The molecule has 0 saturated carbocycles. The molecular formula is C9H17N5S. The number of aryl methyl sites for hydroxylation is 1. The molecule has 0 aromatic carbocycles. The van der Waals surface area contributed by atoms with Crippen LogP contribution in [0.1, 0.15) is 23.2 Å². The molecule has 1 aromatic rings. The Labute approximate surface area is 93.8 Å². The van der Waals surface area contributed by atoms with Crippen molar-refractivity contribution in [1.29, 1.82) is 0 Å². The number of aliphatic imine (C=N–C) groups is 1. The van der Waals surface area contributed by atoms with Gasteiger partial charge in [-0.2, -0.15) is 0 Å². The summed E-state index contributed by atoms with van der Waals surface area (Å²) in [6.07, 6.45) is 2.89. The number of guanidine groups is 1. The molecule has 15 heavy (non-hydrogen) atoms. The molecule has 5 nitrogen and oxygen atoms in total. The average Bonchev–Trinajstić information content (AvgIpc) is 2.65. The molecule has 1 rings (SSSR count). The number of nitrogens with two attached hydrogens (primary N) is 1. The topological polar surface area (TPSA) is 75.3 Å². The van der Waals surface area contributed by atoms with Crippen molar-refractivity contribution in [3.8, 4) is 0 Å². The lowest BCUT2D eigenvalue weighted by atomic mass is 10.5. The van der Waals surface area contributed by atoms with Crippen molar-refractivity contribution < 1.29 is 0 Å². The van der Waals surface area contributed by atoms with Crippen LogP contribution in [0.25, 0.3) is 0 Å². The van der Waals surface area contributed by atoms with Crippen LogP contribution >= 0.6 is 11.3 Å². The van der Waals surface area contributed by atoms with Crippen LogP contribution in [-0.4, -0.2) is 17.5 Å². The molecule has 84 valence electrons. The summed E-state index contributed by atoms with van der Waals surface area (Å²) in [5.41, 5.74) is 2.53. The van der Waals surface area contributed by atoms with Gasteiger partial charge in [-0.05, 0) is 13.3 Å². The SMILES string of the molecule is CCCNC(=NCc1ncc(C)s1)NN. The van der Waals surface area contributed by atoms with Gasteiger partial charge in [0, 0.05) is 17.6 Å². The Morgan fingerprint density at radius 3 is 3.00 bits per heavy atom. The normalized spacial score (nSPS) is 11.5. The predicted octanol–water partition coefficient (Wildman–Crippen LogP) is 0.770. The molecule has 1 heterocycles. The van der Waals surface area contributed by atoms with Gasteiger partial charge in [-0.15, -0.1) is 11.3 Å². The van der Waals surface area contributed by atoms with Gasteiger partial charge < -0.3 is 5.32 Å². The van der Waals surface area contributed by atoms with Crippen molar-refractivity contribution in [1.82, 2.24) is 15.7 Å². The fourth-order valence-corrected chi connectivity index (χ4v) is 1.73. The number of hydrazine groups is 1. The minimum absolute atomic E-state index is 0.564. The minimum atomic E-state index is 0.564. The zero-order valence-corrected chi connectivity index (χ0v) is 9.90. The number of nitrogens with one attached hydrogen (secondary N) is 2. The van der Waals surface area contributed by atoms with Crippen molar-refractivity contribution in [3.05, 3.63) is 16.1 Å². The second-order valence-electron chi connectivity index (χ2n) is 3.10. The summed E-state index contributed by atoms with van der Waals surface area (Å²) in [5.74, 6) is 5.94. The van der Waals surface area contributed by atoms with E-state index in [1.54, 1.807) is 11.3 Å². The Kier molecular flexibility index (Phi) is 5.06. The number of hydrogen-bond acceptors (Lipinski definition) is 4. The molecule has 0 fully saturated rings. The highest BCUT2D eigenvalue weighted by molar-refractivity contribution is 7.11. The second-order valence-corrected chi connectivity index (χ2v) is 4.42. The van der Waals surface area contributed by atoms with E-state index in [2.05, 4.69) is 27.6 Å². The zero-order valence-electron chi connectivity index (χ0n) is 9.08. The number of rotatable bonds is 4. The molecule has 0 aliphatic carbocycles. The van der Waals surface area contributed by atoms with Crippen LogP contribution in [-0.2, 0) is 6.54 Å². The van der Waals surface area contributed by atoms with E-state index in [0.29, 0.717) is 12.5 Å². The Morgan fingerprint density at radius 2 is 2.47 bits per heavy atom. The lowest BCUT2D eigenvalue weighted by Gasteiger charge is -2.06. The quantitative estimate of drug-likeness (QED) is 0.307. The molecule has 0 aliphatic heterocycles. The summed E-state index contributed by atoms with van der Waals surface area (Å²) in [6, 6.07) is 0. The molecular weight excluding hydrogens is 210 g/mol. The van der Waals surface area contributed by atoms with Crippen molar-refractivity contribution in [3.63, 3.8) is 0 Å². The number of thiazole rings is 1. The van der Waals surface area contributed by atoms with E-state index < -0.39 is 0 Å². The lowest BCUT2D eigenvalue weighted by molar-refractivity contribution is 0.790. The summed E-state index contributed by atoms with van der Waals surface area (Å²) in [4.78, 5) is 9.70. The standard InChI is InChI=1S/C9H17N5S/c1-3-4-11-9(14-10)13-6-8-12-5-7(2)15-8/h5H,3-4,6,10H2,1-2H3,(H2,11,13,14). The van der Waals surface area contributed by atoms with Gasteiger partial charge >= 0.3 is 0 Å². The van der Waals surface area contributed by atoms with Gasteiger partial charge in [-0.1, -0.05) is 6.92 Å². The van der Waals surface area contributed by atoms with Gasteiger partial charge in [-0.3, -0.25) is 5.43 Å². The molecule has 0 radical (unpaired) electrons. The number of aromatic nitrogens is 1. The van der Waals surface area contributed by atoms with E-state index >= 15 is 0 Å². The molecule has 0 aliphatic rings. The summed E-state index contributed by atoms with van der Waals surface area (Å²) >= 11 is 1.65. The van der Waals surface area contributed by atoms with Crippen molar-refractivity contribution in [2.45, 2.75) is 26.8 Å². The van der Waals surface area contributed by atoms with Gasteiger partial charge in [-0.25, -0.2) is 15.8 Å². The Hall–Kier alpha value is -1.14. The largest absolute Gasteiger partial charge is 0.355 e. The maximum absolute atomic E-state index is 5.32. The highest BCUT2D eigenvalue weighted by Gasteiger charge is 1.98. The number of nitrogens with zero attached hydrogens (tertiary/aromatic N) is 2. The Bertz CT molecular complexity index is 320. The minimum Gasteiger partial charge on any atom is -0.355 e. The Balaban J connectivity index is 2.46. The van der Waals surface area contributed by atoms with Crippen LogP contribution in [0.3, 0.4) is 0 Å². The van der Waals surface area contributed by atoms with Gasteiger partial charge in [0.05, 0.1) is 6.54 Å². The molecule has 6 heteroatoms. The summed E-state index contributed by atoms with van der Waals surface area (Å²) in [5, 5.41) is 4.09. The third-order valence-electron chi connectivity index (χ3n) is 1.72. The Morgan fingerprint density at radius 1 is 1.67 bits per heavy atom. The van der Waals surface area contributed by atoms with Crippen LogP contribution in [0.5, 0.6) is 0 Å². The molecule has 0 saturated heterocycles. The van der Waals surface area contributed by atoms with Gasteiger partial charge in [0.1, 0.15) is 5.01 Å². The van der Waals surface area contributed by atoms with Crippen molar-refractivity contribution >= 4 is 17.3 Å². The first-order chi connectivity index (χ1) is 7.26. The van der Waals surface area contributed by atoms with E-state index in [0.717, 1.165) is 18.0 Å². The van der Waals surface area contributed by atoms with Gasteiger partial charge in [0.15, 0.2) is 0 Å². The smallest absolute Gasteiger partial charge is 0.206 e. The van der Waals surface area contributed by atoms with Crippen LogP contribution in [0.4, 0.5) is 0 Å². The first kappa shape index (κ1) is 11.9. The summed E-state index contributed by atoms with van der Waals surface area (Å²) < 4.78 is 0. The second kappa shape index (κ2) is 6.36. The average molecular weight is 227 g/mol. The molecule has 0 bridgehead atoms.